The largest absolute Gasteiger partial charge is 0.467 e. The molecule has 1 aliphatic heterocycles. The van der Waals surface area contributed by atoms with Crippen molar-refractivity contribution in [2.75, 3.05) is 18.1 Å². The Balaban J connectivity index is 1.59. The molecule has 0 aliphatic carbocycles. The lowest BCUT2D eigenvalue weighted by Gasteiger charge is -2.26. The molecular formula is C22H22N4O3. The number of ether oxygens (including phenoxy) is 1. The van der Waals surface area contributed by atoms with Crippen molar-refractivity contribution >= 4 is 16.9 Å². The maximum absolute atomic E-state index is 5.89. The van der Waals surface area contributed by atoms with Crippen LogP contribution in [0.15, 0.2) is 57.9 Å². The van der Waals surface area contributed by atoms with Gasteiger partial charge in [-0.2, -0.15) is 4.98 Å². The third kappa shape index (κ3) is 3.61. The van der Waals surface area contributed by atoms with Gasteiger partial charge in [-0.05, 0) is 31.9 Å². The number of hydrogen-bond donors (Lipinski definition) is 0. The Bertz CT molecular complexity index is 1080. The first-order valence-electron chi connectivity index (χ1n) is 9.84. The number of benzene rings is 1. The van der Waals surface area contributed by atoms with E-state index in [9.17, 15) is 0 Å². The highest BCUT2D eigenvalue weighted by Crippen LogP contribution is 2.34. The second kappa shape index (κ2) is 7.67. The van der Waals surface area contributed by atoms with Gasteiger partial charge in [0.25, 0.3) is 5.71 Å². The first kappa shape index (κ1) is 17.9. The number of hydrogen-bond acceptors (Lipinski definition) is 7. The van der Waals surface area contributed by atoms with Gasteiger partial charge < -0.3 is 18.6 Å². The third-order valence-corrected chi connectivity index (χ3v) is 5.25. The van der Waals surface area contributed by atoms with E-state index in [0.717, 1.165) is 47.7 Å². The molecular weight excluding hydrogens is 368 g/mol. The van der Waals surface area contributed by atoms with Crippen LogP contribution in [0.3, 0.4) is 0 Å². The van der Waals surface area contributed by atoms with E-state index in [1.54, 1.807) is 6.26 Å². The van der Waals surface area contributed by atoms with Crippen molar-refractivity contribution in [3.8, 4) is 11.3 Å². The summed E-state index contributed by atoms with van der Waals surface area (Å²) < 4.78 is 17.0. The number of fused-ring (bicyclic) bond motifs is 1. The first-order chi connectivity index (χ1) is 14.3. The van der Waals surface area contributed by atoms with Crippen LogP contribution >= 0.6 is 0 Å². The fraction of sp³-hybridized carbons (Fsp3) is 0.318. The molecule has 0 spiro atoms. The molecule has 0 N–H and O–H groups in total. The van der Waals surface area contributed by atoms with Gasteiger partial charge in [0.05, 0.1) is 18.9 Å². The Kier molecular flexibility index (Phi) is 4.73. The summed E-state index contributed by atoms with van der Waals surface area (Å²) >= 11 is 0. The van der Waals surface area contributed by atoms with Crippen molar-refractivity contribution in [3.63, 3.8) is 0 Å². The molecule has 1 atom stereocenters. The van der Waals surface area contributed by atoms with Gasteiger partial charge in [-0.1, -0.05) is 35.0 Å². The Hall–Kier alpha value is -3.19. The molecule has 148 valence electrons. The highest BCUT2D eigenvalue weighted by molar-refractivity contribution is 5.97. The van der Waals surface area contributed by atoms with Crippen molar-refractivity contribution in [2.24, 2.45) is 0 Å². The Morgan fingerprint density at radius 2 is 2.03 bits per heavy atom. The minimum Gasteiger partial charge on any atom is -0.467 e. The fourth-order valence-electron chi connectivity index (χ4n) is 3.77. The molecule has 0 amide bonds. The van der Waals surface area contributed by atoms with Gasteiger partial charge in [-0.15, -0.1) is 0 Å². The van der Waals surface area contributed by atoms with Crippen LogP contribution in [0.5, 0.6) is 0 Å². The molecule has 29 heavy (non-hydrogen) atoms. The number of aromatic nitrogens is 3. The van der Waals surface area contributed by atoms with Crippen LogP contribution in [-0.2, 0) is 11.3 Å². The Labute approximate surface area is 168 Å². The SMILES string of the molecule is Cc1ccc(-c2noc3ncnc(N(Cc4ccco4)C[C@H]4CCCO4)c23)cc1. The van der Waals surface area contributed by atoms with Crippen molar-refractivity contribution in [1.82, 2.24) is 15.1 Å². The van der Waals surface area contributed by atoms with E-state index >= 15 is 0 Å². The maximum Gasteiger partial charge on any atom is 0.263 e. The lowest BCUT2D eigenvalue weighted by atomic mass is 10.1. The van der Waals surface area contributed by atoms with E-state index in [-0.39, 0.29) is 6.10 Å². The lowest BCUT2D eigenvalue weighted by molar-refractivity contribution is 0.115. The molecule has 1 aromatic carbocycles. The normalized spacial score (nSPS) is 16.5. The third-order valence-electron chi connectivity index (χ3n) is 5.25. The van der Waals surface area contributed by atoms with Gasteiger partial charge >= 0.3 is 0 Å². The summed E-state index contributed by atoms with van der Waals surface area (Å²) in [6, 6.07) is 12.1. The summed E-state index contributed by atoms with van der Waals surface area (Å²) in [6.07, 6.45) is 5.49. The van der Waals surface area contributed by atoms with Crippen LogP contribution in [-0.4, -0.2) is 34.4 Å². The Morgan fingerprint density at radius 3 is 2.79 bits per heavy atom. The van der Waals surface area contributed by atoms with Gasteiger partial charge in [-0.25, -0.2) is 4.98 Å². The molecule has 1 fully saturated rings. The standard InChI is InChI=1S/C22H22N4O3/c1-15-6-8-16(9-7-15)20-19-21(23-14-24-22(19)29-25-20)26(12-17-4-2-10-27-17)13-18-5-3-11-28-18/h2,4,6-10,14,18H,3,5,11-13H2,1H3/t18-/m1/s1. The van der Waals surface area contributed by atoms with Crippen LogP contribution in [0.2, 0.25) is 0 Å². The molecule has 4 aromatic rings. The minimum absolute atomic E-state index is 0.165. The van der Waals surface area contributed by atoms with Crippen molar-refractivity contribution in [2.45, 2.75) is 32.4 Å². The summed E-state index contributed by atoms with van der Waals surface area (Å²) in [5.41, 5.74) is 3.38. The summed E-state index contributed by atoms with van der Waals surface area (Å²) in [4.78, 5) is 11.1. The second-order valence-electron chi connectivity index (χ2n) is 7.37. The number of anilines is 1. The molecule has 0 unspecified atom stereocenters. The van der Waals surface area contributed by atoms with Crippen LogP contribution in [0.25, 0.3) is 22.4 Å². The molecule has 5 rings (SSSR count). The molecule has 1 saturated heterocycles. The summed E-state index contributed by atoms with van der Waals surface area (Å²) in [5.74, 6) is 1.64. The molecule has 3 aromatic heterocycles. The van der Waals surface area contributed by atoms with Crippen molar-refractivity contribution < 1.29 is 13.7 Å². The topological polar surface area (TPSA) is 77.4 Å². The lowest BCUT2D eigenvalue weighted by Crippen LogP contribution is -2.32. The maximum atomic E-state index is 5.89. The predicted octanol–water partition coefficient (Wildman–Crippen LogP) is 4.37. The zero-order chi connectivity index (χ0) is 19.6. The number of aryl methyl sites for hydroxylation is 1. The van der Waals surface area contributed by atoms with Crippen LogP contribution in [0.4, 0.5) is 5.82 Å². The van der Waals surface area contributed by atoms with Gasteiger partial charge in [-0.3, -0.25) is 0 Å². The average Bonchev–Trinajstić information content (AvgIpc) is 3.50. The van der Waals surface area contributed by atoms with Gasteiger partial charge in [0.2, 0.25) is 0 Å². The molecule has 0 saturated carbocycles. The van der Waals surface area contributed by atoms with Crippen molar-refractivity contribution in [1.29, 1.82) is 0 Å². The van der Waals surface area contributed by atoms with Gasteiger partial charge in [0, 0.05) is 18.7 Å². The van der Waals surface area contributed by atoms with E-state index < -0.39 is 0 Å². The van der Waals surface area contributed by atoms with E-state index in [1.807, 2.05) is 24.3 Å². The highest BCUT2D eigenvalue weighted by Gasteiger charge is 2.25. The second-order valence-corrected chi connectivity index (χ2v) is 7.37. The molecule has 0 radical (unpaired) electrons. The molecule has 1 aliphatic rings. The molecule has 7 heteroatoms. The average molecular weight is 390 g/mol. The quantitative estimate of drug-likeness (QED) is 0.484. The summed E-state index contributed by atoms with van der Waals surface area (Å²) in [6.45, 7) is 4.16. The fourth-order valence-corrected chi connectivity index (χ4v) is 3.77. The zero-order valence-corrected chi connectivity index (χ0v) is 16.2. The van der Waals surface area contributed by atoms with Gasteiger partial charge in [0.1, 0.15) is 29.0 Å². The first-order valence-corrected chi connectivity index (χ1v) is 9.84. The van der Waals surface area contributed by atoms with Crippen molar-refractivity contribution in [3.05, 3.63) is 60.3 Å². The smallest absolute Gasteiger partial charge is 0.263 e. The molecule has 0 bridgehead atoms. The summed E-state index contributed by atoms with van der Waals surface area (Å²) in [7, 11) is 0. The van der Waals surface area contributed by atoms with E-state index in [0.29, 0.717) is 18.8 Å². The number of rotatable bonds is 6. The monoisotopic (exact) mass is 390 g/mol. The molecule has 4 heterocycles. The number of nitrogens with zero attached hydrogens (tertiary/aromatic N) is 4. The minimum atomic E-state index is 0.165. The highest BCUT2D eigenvalue weighted by atomic mass is 16.5. The Morgan fingerprint density at radius 1 is 1.14 bits per heavy atom. The van der Waals surface area contributed by atoms with Crippen LogP contribution in [0, 0.1) is 6.92 Å². The van der Waals surface area contributed by atoms with E-state index in [1.165, 1.54) is 11.9 Å². The van der Waals surface area contributed by atoms with Gasteiger partial charge in [0.15, 0.2) is 0 Å². The van der Waals surface area contributed by atoms with Crippen LogP contribution < -0.4 is 4.90 Å². The van der Waals surface area contributed by atoms with E-state index in [2.05, 4.69) is 39.1 Å². The predicted molar refractivity (Wildman–Crippen MR) is 109 cm³/mol. The number of furan rings is 1. The van der Waals surface area contributed by atoms with Crippen LogP contribution in [0.1, 0.15) is 24.2 Å². The summed E-state index contributed by atoms with van der Waals surface area (Å²) in [5, 5.41) is 5.11. The zero-order valence-electron chi connectivity index (χ0n) is 16.2. The molecule has 7 nitrogen and oxygen atoms in total. The van der Waals surface area contributed by atoms with E-state index in [4.69, 9.17) is 13.7 Å².